The van der Waals surface area contributed by atoms with Gasteiger partial charge in [0, 0.05) is 31.0 Å². The number of carbonyl (C=O) groups is 2. The van der Waals surface area contributed by atoms with Crippen LogP contribution < -0.4 is 0 Å². The predicted octanol–water partition coefficient (Wildman–Crippen LogP) is 1.90. The lowest BCUT2D eigenvalue weighted by Crippen LogP contribution is -2.40. The van der Waals surface area contributed by atoms with Crippen molar-refractivity contribution in [3.8, 4) is 0 Å². The summed E-state index contributed by atoms with van der Waals surface area (Å²) in [4.78, 5) is 41.9. The van der Waals surface area contributed by atoms with Crippen LogP contribution in [0.25, 0.3) is 0 Å². The maximum atomic E-state index is 13.2. The lowest BCUT2D eigenvalue weighted by Gasteiger charge is -2.29. The third kappa shape index (κ3) is 3.98. The fourth-order valence-electron chi connectivity index (χ4n) is 3.39. The summed E-state index contributed by atoms with van der Waals surface area (Å²) in [6.45, 7) is 2.90. The van der Waals surface area contributed by atoms with Crippen LogP contribution in [0.15, 0.2) is 53.4 Å². The zero-order valence-corrected chi connectivity index (χ0v) is 15.9. The topological polar surface area (TPSA) is 105 Å². The SMILES string of the molecule is Cc1noc(C2CN(C(=O)c3cnccn3)CCCN2C(=O)c2ccccc2)n1. The van der Waals surface area contributed by atoms with Crippen LogP contribution in [0.5, 0.6) is 0 Å². The van der Waals surface area contributed by atoms with Gasteiger partial charge in [0.15, 0.2) is 5.82 Å². The van der Waals surface area contributed by atoms with Crippen molar-refractivity contribution in [2.75, 3.05) is 19.6 Å². The standard InChI is InChI=1S/C20H20N6O3/c1-14-23-18(29-24-14)17-13-25(20(28)16-12-21-8-9-22-16)10-5-11-26(17)19(27)15-6-3-2-4-7-15/h2-4,6-9,12,17H,5,10-11,13H2,1H3. The first-order chi connectivity index (χ1) is 14.1. The van der Waals surface area contributed by atoms with Crippen LogP contribution in [0.4, 0.5) is 0 Å². The molecule has 2 amide bonds. The van der Waals surface area contributed by atoms with Crippen molar-refractivity contribution >= 4 is 11.8 Å². The second-order valence-corrected chi connectivity index (χ2v) is 6.76. The molecule has 0 aliphatic carbocycles. The van der Waals surface area contributed by atoms with Crippen LogP contribution in [0, 0.1) is 6.92 Å². The second kappa shape index (κ2) is 8.17. The van der Waals surface area contributed by atoms with E-state index in [4.69, 9.17) is 4.52 Å². The molecule has 2 aromatic heterocycles. The molecule has 4 rings (SSSR count). The molecular weight excluding hydrogens is 372 g/mol. The highest BCUT2D eigenvalue weighted by Crippen LogP contribution is 2.26. The van der Waals surface area contributed by atoms with Crippen molar-refractivity contribution in [3.63, 3.8) is 0 Å². The highest BCUT2D eigenvalue weighted by molar-refractivity contribution is 5.95. The zero-order valence-electron chi connectivity index (χ0n) is 15.9. The minimum absolute atomic E-state index is 0.139. The van der Waals surface area contributed by atoms with Crippen molar-refractivity contribution < 1.29 is 14.1 Å². The molecule has 1 aromatic carbocycles. The Morgan fingerprint density at radius 2 is 1.93 bits per heavy atom. The van der Waals surface area contributed by atoms with Gasteiger partial charge in [0.05, 0.1) is 12.7 Å². The fraction of sp³-hybridized carbons (Fsp3) is 0.300. The number of hydrogen-bond donors (Lipinski definition) is 0. The number of hydrogen-bond acceptors (Lipinski definition) is 7. The van der Waals surface area contributed by atoms with Crippen molar-refractivity contribution in [2.45, 2.75) is 19.4 Å². The summed E-state index contributed by atoms with van der Waals surface area (Å²) >= 11 is 0. The lowest BCUT2D eigenvalue weighted by atomic mass is 10.1. The first kappa shape index (κ1) is 18.7. The number of aromatic nitrogens is 4. The van der Waals surface area contributed by atoms with E-state index in [9.17, 15) is 9.59 Å². The molecule has 29 heavy (non-hydrogen) atoms. The van der Waals surface area contributed by atoms with E-state index in [0.29, 0.717) is 36.8 Å². The Kier molecular flexibility index (Phi) is 5.28. The Bertz CT molecular complexity index is 992. The fourth-order valence-corrected chi connectivity index (χ4v) is 3.39. The van der Waals surface area contributed by atoms with E-state index in [0.717, 1.165) is 0 Å². The molecule has 9 heteroatoms. The second-order valence-electron chi connectivity index (χ2n) is 6.76. The Morgan fingerprint density at radius 3 is 2.62 bits per heavy atom. The van der Waals surface area contributed by atoms with E-state index in [1.54, 1.807) is 28.9 Å². The normalized spacial score (nSPS) is 17.1. The third-order valence-electron chi connectivity index (χ3n) is 4.78. The van der Waals surface area contributed by atoms with E-state index >= 15 is 0 Å². The molecule has 1 aliphatic rings. The number of nitrogens with zero attached hydrogens (tertiary/aromatic N) is 6. The summed E-state index contributed by atoms with van der Waals surface area (Å²) in [5, 5.41) is 3.87. The number of carbonyl (C=O) groups excluding carboxylic acids is 2. The van der Waals surface area contributed by atoms with Crippen LogP contribution in [0.3, 0.4) is 0 Å². The molecule has 1 saturated heterocycles. The lowest BCUT2D eigenvalue weighted by molar-refractivity contribution is 0.0590. The van der Waals surface area contributed by atoms with Crippen LogP contribution in [-0.2, 0) is 0 Å². The minimum atomic E-state index is -0.549. The van der Waals surface area contributed by atoms with E-state index in [1.807, 2.05) is 18.2 Å². The van der Waals surface area contributed by atoms with Gasteiger partial charge in [-0.25, -0.2) is 4.98 Å². The van der Waals surface area contributed by atoms with Gasteiger partial charge in [-0.05, 0) is 25.5 Å². The largest absolute Gasteiger partial charge is 0.337 e. The average molecular weight is 392 g/mol. The van der Waals surface area contributed by atoms with Crippen LogP contribution in [0.1, 0.15) is 45.0 Å². The molecule has 0 saturated carbocycles. The number of amides is 2. The van der Waals surface area contributed by atoms with Crippen molar-refractivity contribution in [2.24, 2.45) is 0 Å². The summed E-state index contributed by atoms with van der Waals surface area (Å²) in [7, 11) is 0. The average Bonchev–Trinajstić information content (AvgIpc) is 3.07. The third-order valence-corrected chi connectivity index (χ3v) is 4.78. The maximum absolute atomic E-state index is 13.2. The summed E-state index contributed by atoms with van der Waals surface area (Å²) in [5.74, 6) is 0.405. The first-order valence-electron chi connectivity index (χ1n) is 9.35. The van der Waals surface area contributed by atoms with Crippen molar-refractivity contribution in [1.29, 1.82) is 0 Å². The molecule has 9 nitrogen and oxygen atoms in total. The Hall–Kier alpha value is -3.62. The molecule has 0 spiro atoms. The minimum Gasteiger partial charge on any atom is -0.337 e. The van der Waals surface area contributed by atoms with E-state index < -0.39 is 6.04 Å². The number of benzene rings is 1. The van der Waals surface area contributed by atoms with E-state index in [-0.39, 0.29) is 24.1 Å². The molecule has 1 atom stereocenters. The van der Waals surface area contributed by atoms with Gasteiger partial charge < -0.3 is 14.3 Å². The van der Waals surface area contributed by atoms with E-state index in [2.05, 4.69) is 20.1 Å². The summed E-state index contributed by atoms with van der Waals surface area (Å²) in [5.41, 5.74) is 0.832. The van der Waals surface area contributed by atoms with Gasteiger partial charge in [-0.2, -0.15) is 4.98 Å². The molecule has 0 radical (unpaired) electrons. The van der Waals surface area contributed by atoms with Gasteiger partial charge in [0.2, 0.25) is 0 Å². The Labute approximate surface area is 167 Å². The molecule has 1 unspecified atom stereocenters. The van der Waals surface area contributed by atoms with Gasteiger partial charge in [0.1, 0.15) is 11.7 Å². The predicted molar refractivity (Wildman–Crippen MR) is 102 cm³/mol. The van der Waals surface area contributed by atoms with Crippen molar-refractivity contribution in [1.82, 2.24) is 29.9 Å². The van der Waals surface area contributed by atoms with Crippen LogP contribution in [-0.4, -0.2) is 61.4 Å². The van der Waals surface area contributed by atoms with Crippen LogP contribution >= 0.6 is 0 Å². The molecule has 3 aromatic rings. The summed E-state index contributed by atoms with van der Waals surface area (Å²) in [6.07, 6.45) is 5.05. The summed E-state index contributed by atoms with van der Waals surface area (Å²) in [6, 6.07) is 8.49. The quantitative estimate of drug-likeness (QED) is 0.670. The van der Waals surface area contributed by atoms with Gasteiger partial charge >= 0.3 is 0 Å². The van der Waals surface area contributed by atoms with Gasteiger partial charge in [-0.15, -0.1) is 0 Å². The summed E-state index contributed by atoms with van der Waals surface area (Å²) < 4.78 is 5.39. The smallest absolute Gasteiger partial charge is 0.274 e. The van der Waals surface area contributed by atoms with Crippen LogP contribution in [0.2, 0.25) is 0 Å². The van der Waals surface area contributed by atoms with Gasteiger partial charge in [-0.1, -0.05) is 23.4 Å². The molecule has 1 fully saturated rings. The molecule has 148 valence electrons. The zero-order chi connectivity index (χ0) is 20.2. The first-order valence-corrected chi connectivity index (χ1v) is 9.35. The van der Waals surface area contributed by atoms with Gasteiger partial charge in [0.25, 0.3) is 17.7 Å². The Balaban J connectivity index is 1.66. The molecule has 1 aliphatic heterocycles. The number of rotatable bonds is 3. The van der Waals surface area contributed by atoms with E-state index in [1.165, 1.54) is 18.6 Å². The number of aryl methyl sites for hydroxylation is 1. The molecule has 0 N–H and O–H groups in total. The molecule has 3 heterocycles. The maximum Gasteiger partial charge on any atom is 0.274 e. The highest BCUT2D eigenvalue weighted by atomic mass is 16.5. The monoisotopic (exact) mass is 392 g/mol. The molecule has 0 bridgehead atoms. The van der Waals surface area contributed by atoms with Crippen molar-refractivity contribution in [3.05, 3.63) is 71.9 Å². The highest BCUT2D eigenvalue weighted by Gasteiger charge is 2.35. The Morgan fingerprint density at radius 1 is 1.10 bits per heavy atom. The molecular formula is C20H20N6O3. The van der Waals surface area contributed by atoms with Gasteiger partial charge in [-0.3, -0.25) is 14.6 Å².